The summed E-state index contributed by atoms with van der Waals surface area (Å²) in [6.45, 7) is 1.81. The molecule has 0 spiro atoms. The number of halogens is 2. The van der Waals surface area contributed by atoms with Crippen molar-refractivity contribution in [2.24, 2.45) is 0 Å². The Hall–Kier alpha value is -3.08. The molecule has 1 aromatic heterocycles. The molecule has 0 N–H and O–H groups in total. The number of hydrogen-bond donors (Lipinski definition) is 0. The smallest absolute Gasteiger partial charge is 0.343 e. The van der Waals surface area contributed by atoms with Gasteiger partial charge in [0.25, 0.3) is 0 Å². The van der Waals surface area contributed by atoms with Crippen molar-refractivity contribution in [3.63, 3.8) is 0 Å². The number of esters is 1. The fourth-order valence-corrected chi connectivity index (χ4v) is 3.20. The minimum Gasteiger partial charge on any atom is -0.452 e. The number of carbonyl (C=O) groups is 1. The second kappa shape index (κ2) is 7.74. The molecule has 0 amide bonds. The van der Waals surface area contributed by atoms with Gasteiger partial charge >= 0.3 is 5.97 Å². The summed E-state index contributed by atoms with van der Waals surface area (Å²) in [5.41, 5.74) is 1.50. The van der Waals surface area contributed by atoms with Crippen LogP contribution in [0, 0.1) is 6.92 Å². The summed E-state index contributed by atoms with van der Waals surface area (Å²) in [5, 5.41) is 1.18. The number of carbonyl (C=O) groups excluding carboxylic acids is 1. The van der Waals surface area contributed by atoms with Gasteiger partial charge in [-0.1, -0.05) is 41.4 Å². The van der Waals surface area contributed by atoms with Gasteiger partial charge in [0.15, 0.2) is 5.76 Å². The van der Waals surface area contributed by atoms with Gasteiger partial charge in [-0.15, -0.1) is 0 Å². The van der Waals surface area contributed by atoms with Crippen molar-refractivity contribution >= 4 is 40.1 Å². The molecular formula is C23H14Cl2O4. The van der Waals surface area contributed by atoms with Crippen LogP contribution in [-0.4, -0.2) is 5.97 Å². The van der Waals surface area contributed by atoms with E-state index in [4.69, 9.17) is 32.4 Å². The van der Waals surface area contributed by atoms with Gasteiger partial charge < -0.3 is 9.15 Å². The van der Waals surface area contributed by atoms with Gasteiger partial charge in [-0.25, -0.2) is 4.79 Å². The van der Waals surface area contributed by atoms with Crippen molar-refractivity contribution in [1.82, 2.24) is 0 Å². The van der Waals surface area contributed by atoms with Crippen LogP contribution < -0.4 is 10.2 Å². The van der Waals surface area contributed by atoms with Crippen LogP contribution in [0.2, 0.25) is 10.0 Å². The lowest BCUT2D eigenvalue weighted by molar-refractivity contribution is 0.0731. The third-order valence-electron chi connectivity index (χ3n) is 4.44. The van der Waals surface area contributed by atoms with E-state index in [9.17, 15) is 9.59 Å². The Labute approximate surface area is 176 Å². The zero-order chi connectivity index (χ0) is 20.5. The third-order valence-corrected chi connectivity index (χ3v) is 5.10. The van der Waals surface area contributed by atoms with E-state index < -0.39 is 11.4 Å². The van der Waals surface area contributed by atoms with Crippen molar-refractivity contribution < 1.29 is 13.9 Å². The highest BCUT2D eigenvalue weighted by Crippen LogP contribution is 2.33. The summed E-state index contributed by atoms with van der Waals surface area (Å²) < 4.78 is 11.5. The average Bonchev–Trinajstić information content (AvgIpc) is 2.73. The molecule has 0 aliphatic rings. The van der Waals surface area contributed by atoms with E-state index in [1.807, 2.05) is 6.92 Å². The Balaban J connectivity index is 1.94. The Morgan fingerprint density at radius 3 is 2.34 bits per heavy atom. The summed E-state index contributed by atoms with van der Waals surface area (Å²) in [5.74, 6) is -0.718. The van der Waals surface area contributed by atoms with Crippen molar-refractivity contribution in [3.8, 4) is 17.1 Å². The minimum absolute atomic E-state index is 0.144. The van der Waals surface area contributed by atoms with Gasteiger partial charge in [0.05, 0.1) is 10.9 Å². The van der Waals surface area contributed by atoms with Crippen molar-refractivity contribution in [2.45, 2.75) is 6.92 Å². The Bertz CT molecular complexity index is 1280. The molecule has 4 nitrogen and oxygen atoms in total. The van der Waals surface area contributed by atoms with Gasteiger partial charge in [-0.05, 0) is 61.0 Å². The average molecular weight is 425 g/mol. The predicted molar refractivity (Wildman–Crippen MR) is 114 cm³/mol. The maximum absolute atomic E-state index is 13.2. The predicted octanol–water partition coefficient (Wildman–Crippen LogP) is 6.29. The molecule has 0 saturated heterocycles. The number of rotatable bonds is 3. The fraction of sp³-hybridized carbons (Fsp3) is 0.0435. The number of ether oxygens (including phenoxy) is 1. The van der Waals surface area contributed by atoms with E-state index in [2.05, 4.69) is 0 Å². The molecule has 144 valence electrons. The molecule has 1 heterocycles. The number of aryl methyl sites for hydroxylation is 1. The molecule has 0 atom stereocenters. The lowest BCUT2D eigenvalue weighted by Crippen LogP contribution is -2.16. The van der Waals surface area contributed by atoms with Crippen molar-refractivity contribution in [3.05, 3.63) is 98.1 Å². The Morgan fingerprint density at radius 1 is 0.966 bits per heavy atom. The number of benzene rings is 3. The lowest BCUT2D eigenvalue weighted by atomic mass is 10.1. The van der Waals surface area contributed by atoms with E-state index in [1.54, 1.807) is 60.7 Å². The maximum Gasteiger partial charge on any atom is 0.343 e. The summed E-state index contributed by atoms with van der Waals surface area (Å²) in [7, 11) is 0. The molecular weight excluding hydrogens is 411 g/mol. The van der Waals surface area contributed by atoms with Crippen LogP contribution in [0.4, 0.5) is 0 Å². The molecule has 3 aromatic carbocycles. The van der Waals surface area contributed by atoms with Gasteiger partial charge in [0.1, 0.15) is 5.58 Å². The van der Waals surface area contributed by atoms with Crippen molar-refractivity contribution in [1.29, 1.82) is 0 Å². The highest BCUT2D eigenvalue weighted by Gasteiger charge is 2.22. The molecule has 0 fully saturated rings. The first kappa shape index (κ1) is 19.2. The zero-order valence-electron chi connectivity index (χ0n) is 15.2. The monoisotopic (exact) mass is 424 g/mol. The molecule has 6 heteroatoms. The van der Waals surface area contributed by atoms with Gasteiger partial charge in [-0.3, -0.25) is 4.79 Å². The van der Waals surface area contributed by atoms with Crippen LogP contribution in [0.25, 0.3) is 22.3 Å². The van der Waals surface area contributed by atoms with Crippen LogP contribution in [0.3, 0.4) is 0 Å². The second-order valence-electron chi connectivity index (χ2n) is 6.45. The maximum atomic E-state index is 13.2. The molecule has 4 aromatic rings. The van der Waals surface area contributed by atoms with Gasteiger partial charge in [-0.2, -0.15) is 0 Å². The van der Waals surface area contributed by atoms with E-state index in [0.717, 1.165) is 5.56 Å². The van der Waals surface area contributed by atoms with Crippen LogP contribution in [0.5, 0.6) is 5.75 Å². The summed E-state index contributed by atoms with van der Waals surface area (Å²) >= 11 is 12.2. The number of hydrogen-bond acceptors (Lipinski definition) is 4. The summed E-state index contributed by atoms with van der Waals surface area (Å²) in [6.07, 6.45) is 0. The quantitative estimate of drug-likeness (QED) is 0.362. The SMILES string of the molecule is Cc1cc2oc(-c3ccc(Cl)cc3)c(OC(=O)c3ccccc3)c(=O)c2cc1Cl. The molecule has 29 heavy (non-hydrogen) atoms. The minimum atomic E-state index is -0.661. The number of fused-ring (bicyclic) bond motifs is 1. The fourth-order valence-electron chi connectivity index (χ4n) is 2.91. The summed E-state index contributed by atoms with van der Waals surface area (Å²) in [6, 6.07) is 18.3. The second-order valence-corrected chi connectivity index (χ2v) is 7.29. The van der Waals surface area contributed by atoms with Crippen molar-refractivity contribution in [2.75, 3.05) is 0 Å². The summed E-state index contributed by atoms with van der Waals surface area (Å²) in [4.78, 5) is 25.8. The molecule has 0 aliphatic carbocycles. The van der Waals surface area contributed by atoms with Crippen LogP contribution in [0.15, 0.2) is 75.9 Å². The van der Waals surface area contributed by atoms with E-state index >= 15 is 0 Å². The first-order valence-electron chi connectivity index (χ1n) is 8.74. The van der Waals surface area contributed by atoms with E-state index in [0.29, 0.717) is 26.8 Å². The highest BCUT2D eigenvalue weighted by molar-refractivity contribution is 6.32. The topological polar surface area (TPSA) is 56.5 Å². The zero-order valence-corrected chi connectivity index (χ0v) is 16.8. The molecule has 0 bridgehead atoms. The first-order chi connectivity index (χ1) is 13.9. The lowest BCUT2D eigenvalue weighted by Gasteiger charge is -2.11. The van der Waals surface area contributed by atoms with E-state index in [-0.39, 0.29) is 16.9 Å². The molecule has 0 unspecified atom stereocenters. The van der Waals surface area contributed by atoms with E-state index in [1.165, 1.54) is 6.07 Å². The standard InChI is InChI=1S/C23H14Cl2O4/c1-13-11-19-17(12-18(13)25)20(26)22(29-23(27)15-5-3-2-4-6-15)21(28-19)14-7-9-16(24)10-8-14/h2-12H,1H3. The Morgan fingerprint density at radius 2 is 1.66 bits per heavy atom. The van der Waals surface area contributed by atoms with Gasteiger partial charge in [0.2, 0.25) is 11.2 Å². The highest BCUT2D eigenvalue weighted by atomic mass is 35.5. The third kappa shape index (κ3) is 3.77. The Kier molecular flexibility index (Phi) is 5.14. The van der Waals surface area contributed by atoms with Crippen LogP contribution in [-0.2, 0) is 0 Å². The first-order valence-corrected chi connectivity index (χ1v) is 9.50. The molecule has 4 rings (SSSR count). The largest absolute Gasteiger partial charge is 0.452 e. The molecule has 0 aliphatic heterocycles. The van der Waals surface area contributed by atoms with Crippen LogP contribution >= 0.6 is 23.2 Å². The van der Waals surface area contributed by atoms with Gasteiger partial charge in [0, 0.05) is 15.6 Å². The molecule has 0 radical (unpaired) electrons. The normalized spacial score (nSPS) is 10.9. The van der Waals surface area contributed by atoms with Crippen LogP contribution in [0.1, 0.15) is 15.9 Å². The molecule has 0 saturated carbocycles.